The lowest BCUT2D eigenvalue weighted by molar-refractivity contribution is 0.661. The van der Waals surface area contributed by atoms with Gasteiger partial charge in [0.1, 0.15) is 0 Å². The van der Waals surface area contributed by atoms with Crippen LogP contribution in [-0.4, -0.2) is 9.97 Å². The Balaban J connectivity index is 1.10. The molecule has 2 heteroatoms. The highest BCUT2D eigenvalue weighted by Gasteiger charge is 2.36. The molecular weight excluding hydrogens is 689 g/mol. The maximum absolute atomic E-state index is 5.39. The largest absolute Gasteiger partial charge is 0.228 e. The van der Waals surface area contributed by atoms with E-state index in [4.69, 9.17) is 9.97 Å². The molecule has 0 radical (unpaired) electrons. The van der Waals surface area contributed by atoms with Crippen LogP contribution in [-0.2, 0) is 5.41 Å². The number of hydrogen-bond acceptors (Lipinski definition) is 2. The number of hydrogen-bond donors (Lipinski definition) is 0. The predicted octanol–water partition coefficient (Wildman–Crippen LogP) is 14.6. The molecule has 10 aromatic rings. The molecule has 0 fully saturated rings. The van der Waals surface area contributed by atoms with Crippen LogP contribution in [0, 0.1) is 0 Å². The number of nitrogens with zero attached hydrogens (tertiary/aromatic N) is 2. The normalized spacial score (nSPS) is 12.9. The SMILES string of the molecule is CC1(C)c2ccc(-c3ccc(-c4nc(-c5cccc(-c6ccccc6)c5)cc(-c5cccc6ccccc56)n4)c4ccccc34)cc2-c2c1ccc1ccccc21. The fourth-order valence-electron chi connectivity index (χ4n) is 9.23. The Morgan fingerprint density at radius 3 is 1.75 bits per heavy atom. The van der Waals surface area contributed by atoms with E-state index >= 15 is 0 Å². The summed E-state index contributed by atoms with van der Waals surface area (Å²) < 4.78 is 0. The molecule has 0 N–H and O–H groups in total. The van der Waals surface area contributed by atoms with Gasteiger partial charge in [-0.15, -0.1) is 0 Å². The number of aromatic nitrogens is 2. The van der Waals surface area contributed by atoms with E-state index < -0.39 is 0 Å². The van der Waals surface area contributed by atoms with E-state index in [2.05, 4.69) is 208 Å². The second-order valence-corrected chi connectivity index (χ2v) is 15.7. The van der Waals surface area contributed by atoms with E-state index in [1.165, 1.54) is 65.9 Å². The first-order valence-electron chi connectivity index (χ1n) is 19.7. The lowest BCUT2D eigenvalue weighted by Gasteiger charge is -2.21. The monoisotopic (exact) mass is 726 g/mol. The predicted molar refractivity (Wildman–Crippen MR) is 239 cm³/mol. The minimum absolute atomic E-state index is 0.0795. The average Bonchev–Trinajstić information content (AvgIpc) is 3.51. The summed E-state index contributed by atoms with van der Waals surface area (Å²) in [6, 6.07) is 70.1. The van der Waals surface area contributed by atoms with Crippen molar-refractivity contribution in [2.75, 3.05) is 0 Å². The third-order valence-electron chi connectivity index (χ3n) is 12.1. The summed E-state index contributed by atoms with van der Waals surface area (Å²) in [5.74, 6) is 0.708. The van der Waals surface area contributed by atoms with Crippen molar-refractivity contribution in [2.24, 2.45) is 0 Å². The zero-order valence-corrected chi connectivity index (χ0v) is 31.9. The summed E-state index contributed by atoms with van der Waals surface area (Å²) in [4.78, 5) is 10.8. The third-order valence-corrected chi connectivity index (χ3v) is 12.1. The van der Waals surface area contributed by atoms with E-state index in [9.17, 15) is 0 Å². The smallest absolute Gasteiger partial charge is 0.161 e. The zero-order chi connectivity index (χ0) is 38.1. The van der Waals surface area contributed by atoms with Crippen LogP contribution in [0.2, 0.25) is 0 Å². The molecule has 2 nitrogen and oxygen atoms in total. The molecule has 0 amide bonds. The summed E-state index contributed by atoms with van der Waals surface area (Å²) in [5, 5.41) is 7.25. The molecule has 268 valence electrons. The number of fused-ring (bicyclic) bond motifs is 7. The van der Waals surface area contributed by atoms with Crippen molar-refractivity contribution in [3.05, 3.63) is 205 Å². The fourth-order valence-corrected chi connectivity index (χ4v) is 9.23. The van der Waals surface area contributed by atoms with Crippen LogP contribution >= 0.6 is 0 Å². The van der Waals surface area contributed by atoms with Crippen molar-refractivity contribution < 1.29 is 0 Å². The molecule has 1 aliphatic rings. The van der Waals surface area contributed by atoms with Gasteiger partial charge in [0, 0.05) is 22.1 Å². The first-order chi connectivity index (χ1) is 28.0. The van der Waals surface area contributed by atoms with Gasteiger partial charge < -0.3 is 0 Å². The van der Waals surface area contributed by atoms with Crippen molar-refractivity contribution in [3.8, 4) is 67.3 Å². The molecule has 0 spiro atoms. The Kier molecular flexibility index (Phi) is 7.55. The van der Waals surface area contributed by atoms with Crippen LogP contribution in [0.3, 0.4) is 0 Å². The van der Waals surface area contributed by atoms with Gasteiger partial charge in [-0.3, -0.25) is 0 Å². The van der Waals surface area contributed by atoms with Gasteiger partial charge in [0.2, 0.25) is 0 Å². The Hall–Kier alpha value is -7.16. The highest BCUT2D eigenvalue weighted by Crippen LogP contribution is 2.52. The molecule has 0 saturated heterocycles. The summed E-state index contributed by atoms with van der Waals surface area (Å²) >= 11 is 0. The number of benzene rings is 9. The van der Waals surface area contributed by atoms with Crippen LogP contribution in [0.25, 0.3) is 99.6 Å². The van der Waals surface area contributed by atoms with Crippen molar-refractivity contribution in [1.82, 2.24) is 9.97 Å². The molecule has 1 aliphatic carbocycles. The molecule has 9 aromatic carbocycles. The molecule has 11 rings (SSSR count). The third kappa shape index (κ3) is 5.40. The van der Waals surface area contributed by atoms with E-state index in [-0.39, 0.29) is 5.41 Å². The minimum atomic E-state index is -0.0795. The van der Waals surface area contributed by atoms with E-state index in [1.807, 2.05) is 0 Å². The molecule has 0 bridgehead atoms. The van der Waals surface area contributed by atoms with Crippen LogP contribution < -0.4 is 0 Å². The van der Waals surface area contributed by atoms with Crippen molar-refractivity contribution in [3.63, 3.8) is 0 Å². The number of rotatable bonds is 5. The Bertz CT molecular complexity index is 3210. The van der Waals surface area contributed by atoms with Gasteiger partial charge >= 0.3 is 0 Å². The van der Waals surface area contributed by atoms with Gasteiger partial charge in [-0.2, -0.15) is 0 Å². The summed E-state index contributed by atoms with van der Waals surface area (Å²) in [5.41, 5.74) is 15.1. The second kappa shape index (κ2) is 13.0. The minimum Gasteiger partial charge on any atom is -0.228 e. The van der Waals surface area contributed by atoms with Gasteiger partial charge in [0.15, 0.2) is 5.82 Å². The van der Waals surface area contributed by atoms with Gasteiger partial charge in [0.25, 0.3) is 0 Å². The molecule has 0 atom stereocenters. The van der Waals surface area contributed by atoms with Gasteiger partial charge in [-0.25, -0.2) is 9.97 Å². The summed E-state index contributed by atoms with van der Waals surface area (Å²) in [7, 11) is 0. The second-order valence-electron chi connectivity index (χ2n) is 15.7. The Labute approximate surface area is 332 Å². The maximum atomic E-state index is 5.39. The topological polar surface area (TPSA) is 25.8 Å². The highest BCUT2D eigenvalue weighted by atomic mass is 14.9. The van der Waals surface area contributed by atoms with E-state index in [0.29, 0.717) is 5.82 Å². The maximum Gasteiger partial charge on any atom is 0.161 e. The standard InChI is InChI=1S/C55H38N2/c1-55(2)49-30-27-39(33-48(49)53-43-22-9-7-17-37(43)26-31-50(53)55)42-28-29-47(45-24-11-10-23-44(42)45)54-56-51(40-20-12-19-38(32-40)35-14-4-3-5-15-35)34-52(57-54)46-25-13-18-36-16-6-8-21-41(36)46/h3-34H,1-2H3. The van der Waals surface area contributed by atoms with Gasteiger partial charge in [-0.1, -0.05) is 184 Å². The molecule has 1 heterocycles. The molecule has 0 unspecified atom stereocenters. The zero-order valence-electron chi connectivity index (χ0n) is 31.9. The molecular formula is C55H38N2. The highest BCUT2D eigenvalue weighted by molar-refractivity contribution is 6.07. The molecule has 57 heavy (non-hydrogen) atoms. The summed E-state index contributed by atoms with van der Waals surface area (Å²) in [6.45, 7) is 4.71. The lowest BCUT2D eigenvalue weighted by atomic mass is 9.81. The Morgan fingerprint density at radius 1 is 0.333 bits per heavy atom. The van der Waals surface area contributed by atoms with Crippen molar-refractivity contribution >= 4 is 32.3 Å². The van der Waals surface area contributed by atoms with Crippen LogP contribution in [0.1, 0.15) is 25.0 Å². The van der Waals surface area contributed by atoms with Crippen LogP contribution in [0.4, 0.5) is 0 Å². The van der Waals surface area contributed by atoms with Gasteiger partial charge in [0.05, 0.1) is 11.4 Å². The van der Waals surface area contributed by atoms with Crippen LogP contribution in [0.15, 0.2) is 194 Å². The molecule has 1 aromatic heterocycles. The average molecular weight is 727 g/mol. The van der Waals surface area contributed by atoms with Crippen molar-refractivity contribution in [2.45, 2.75) is 19.3 Å². The van der Waals surface area contributed by atoms with Crippen molar-refractivity contribution in [1.29, 1.82) is 0 Å². The fraction of sp³-hybridized carbons (Fsp3) is 0.0545. The quantitative estimate of drug-likeness (QED) is 0.176. The molecule has 0 saturated carbocycles. The molecule has 0 aliphatic heterocycles. The Morgan fingerprint density at radius 2 is 0.930 bits per heavy atom. The van der Waals surface area contributed by atoms with Gasteiger partial charge in [-0.05, 0) is 101 Å². The lowest BCUT2D eigenvalue weighted by Crippen LogP contribution is -2.14. The van der Waals surface area contributed by atoms with E-state index in [1.54, 1.807) is 0 Å². The van der Waals surface area contributed by atoms with Crippen LogP contribution in [0.5, 0.6) is 0 Å². The van der Waals surface area contributed by atoms with E-state index in [0.717, 1.165) is 39.0 Å². The first-order valence-corrected chi connectivity index (χ1v) is 19.7. The first kappa shape index (κ1) is 33.2. The summed E-state index contributed by atoms with van der Waals surface area (Å²) in [6.07, 6.45) is 0.